The second-order valence-corrected chi connectivity index (χ2v) is 20.8. The van der Waals surface area contributed by atoms with E-state index in [2.05, 4.69) is 41.1 Å². The Kier molecular flexibility index (Phi) is 9.55. The van der Waals surface area contributed by atoms with Gasteiger partial charge in [-0.05, 0) is 60.2 Å². The number of sulfonamides is 1. The van der Waals surface area contributed by atoms with Crippen LogP contribution in [0.1, 0.15) is 107 Å². The second-order valence-electron chi connectivity index (χ2n) is 18.8. The lowest BCUT2D eigenvalue weighted by molar-refractivity contribution is -0.142. The predicted octanol–water partition coefficient (Wildman–Crippen LogP) is 3.06. The van der Waals surface area contributed by atoms with Crippen LogP contribution in [0.2, 0.25) is 0 Å². The normalized spacial score (nSPS) is 30.0. The first-order valence-electron chi connectivity index (χ1n) is 18.4. The van der Waals surface area contributed by atoms with E-state index in [1.807, 2.05) is 41.5 Å². The molecule has 6 amide bonds. The van der Waals surface area contributed by atoms with E-state index in [4.69, 9.17) is 0 Å². The fraction of sp³-hybridized carbons (Fsp3) is 0.811. The summed E-state index contributed by atoms with van der Waals surface area (Å²) in [4.78, 5) is 72.1. The molecule has 0 aromatic carbocycles. The van der Waals surface area contributed by atoms with Crippen LogP contribution in [0, 0.1) is 33.0 Å². The molecule has 4 N–H and O–H groups in total. The maximum atomic E-state index is 14.8. The van der Waals surface area contributed by atoms with Crippen molar-refractivity contribution in [2.24, 2.45) is 33.0 Å². The van der Waals surface area contributed by atoms with Gasteiger partial charge in [0.25, 0.3) is 5.91 Å². The molecule has 0 unspecified atom stereocenters. The number of likely N-dealkylation sites (tertiary alicyclic amines) is 1. The summed E-state index contributed by atoms with van der Waals surface area (Å²) in [6.45, 7) is 19.9. The number of carbonyl (C=O) groups excluding carboxylic acids is 5. The van der Waals surface area contributed by atoms with E-state index in [0.717, 1.165) is 19.3 Å². The van der Waals surface area contributed by atoms with Crippen LogP contribution in [0.3, 0.4) is 0 Å². The van der Waals surface area contributed by atoms with E-state index in [9.17, 15) is 32.4 Å². The molecule has 286 valence electrons. The topological polar surface area (TPSA) is 174 Å². The molecular weight excluding hydrogens is 673 g/mol. The molecule has 4 aliphatic carbocycles. The maximum absolute atomic E-state index is 14.8. The number of urea groups is 1. The zero-order chi connectivity index (χ0) is 38.3. The van der Waals surface area contributed by atoms with Crippen LogP contribution in [0.25, 0.3) is 0 Å². The van der Waals surface area contributed by atoms with Gasteiger partial charge in [-0.25, -0.2) is 13.2 Å². The summed E-state index contributed by atoms with van der Waals surface area (Å²) in [6, 6.07) is -3.09. The highest BCUT2D eigenvalue weighted by atomic mass is 32.2. The zero-order valence-corrected chi connectivity index (χ0v) is 33.0. The molecule has 0 aromatic heterocycles. The van der Waals surface area contributed by atoms with Crippen molar-refractivity contribution in [1.82, 2.24) is 30.5 Å². The first kappa shape index (κ1) is 39.1. The van der Waals surface area contributed by atoms with E-state index in [1.54, 1.807) is 25.1 Å². The lowest BCUT2D eigenvalue weighted by atomic mass is 9.73. The van der Waals surface area contributed by atoms with E-state index >= 15 is 0 Å². The van der Waals surface area contributed by atoms with Crippen molar-refractivity contribution < 1.29 is 32.4 Å². The van der Waals surface area contributed by atoms with Crippen LogP contribution < -0.4 is 20.7 Å². The average molecular weight is 733 g/mol. The van der Waals surface area contributed by atoms with Gasteiger partial charge in [0.05, 0.1) is 5.25 Å². The highest BCUT2D eigenvalue weighted by molar-refractivity contribution is 7.91. The number of nitrogens with zero attached hydrogens (tertiary/aromatic N) is 2. The summed E-state index contributed by atoms with van der Waals surface area (Å²) in [7, 11) is -0.544. The lowest BCUT2D eigenvalue weighted by Crippen LogP contribution is -2.61. The smallest absolute Gasteiger partial charge is 0.315 e. The van der Waals surface area contributed by atoms with E-state index in [0.29, 0.717) is 25.8 Å². The molecule has 1 heterocycles. The van der Waals surface area contributed by atoms with Crippen molar-refractivity contribution >= 4 is 39.7 Å². The van der Waals surface area contributed by atoms with Gasteiger partial charge in [0, 0.05) is 44.4 Å². The third-order valence-corrected chi connectivity index (χ3v) is 15.1. The van der Waals surface area contributed by atoms with Gasteiger partial charge >= 0.3 is 6.03 Å². The molecule has 5 aliphatic rings. The van der Waals surface area contributed by atoms with Crippen molar-refractivity contribution in [3.8, 4) is 0 Å². The maximum Gasteiger partial charge on any atom is 0.315 e. The van der Waals surface area contributed by atoms with Crippen LogP contribution in [-0.4, -0.2) is 97.4 Å². The number of carbonyl (C=O) groups is 5. The molecule has 1 saturated heterocycles. The molecule has 0 aromatic rings. The van der Waals surface area contributed by atoms with Gasteiger partial charge in [0.1, 0.15) is 17.6 Å². The largest absolute Gasteiger partial charge is 0.349 e. The molecule has 13 nitrogen and oxygen atoms in total. The number of nitrogens with one attached hydrogen (secondary N) is 4. The Bertz CT molecular complexity index is 1600. The van der Waals surface area contributed by atoms with Crippen molar-refractivity contribution in [2.45, 2.75) is 136 Å². The predicted molar refractivity (Wildman–Crippen MR) is 193 cm³/mol. The Hall–Kier alpha value is -3.16. The number of fused-ring (bicyclic) bond motifs is 1. The minimum Gasteiger partial charge on any atom is -0.349 e. The summed E-state index contributed by atoms with van der Waals surface area (Å²) in [5.41, 5.74) is -3.18. The van der Waals surface area contributed by atoms with Gasteiger partial charge in [-0.2, -0.15) is 0 Å². The Morgan fingerprint density at radius 3 is 1.98 bits per heavy atom. The van der Waals surface area contributed by atoms with E-state index in [1.165, 1.54) is 4.90 Å². The lowest BCUT2D eigenvalue weighted by Gasteiger charge is -2.37. The summed E-state index contributed by atoms with van der Waals surface area (Å²) >= 11 is 0. The summed E-state index contributed by atoms with van der Waals surface area (Å²) in [5.74, 6) is -2.32. The third kappa shape index (κ3) is 6.56. The molecule has 6 atom stereocenters. The molecule has 0 bridgehead atoms. The van der Waals surface area contributed by atoms with Gasteiger partial charge in [0.2, 0.25) is 27.7 Å². The van der Waals surface area contributed by atoms with Gasteiger partial charge in [-0.3, -0.25) is 23.9 Å². The van der Waals surface area contributed by atoms with Gasteiger partial charge in [-0.15, -0.1) is 6.58 Å². The fourth-order valence-electron chi connectivity index (χ4n) is 9.16. The van der Waals surface area contributed by atoms with Gasteiger partial charge < -0.3 is 25.8 Å². The van der Waals surface area contributed by atoms with Gasteiger partial charge in [-0.1, -0.05) is 67.9 Å². The third-order valence-electron chi connectivity index (χ3n) is 13.3. The average Bonchev–Trinajstić information content (AvgIpc) is 3.91. The number of hydrogen-bond acceptors (Lipinski definition) is 7. The van der Waals surface area contributed by atoms with Crippen LogP contribution >= 0.6 is 0 Å². The fourth-order valence-corrected chi connectivity index (χ4v) is 10.5. The van der Waals surface area contributed by atoms with Crippen LogP contribution in [0.5, 0.6) is 0 Å². The quantitative estimate of drug-likeness (QED) is 0.236. The molecule has 4 saturated carbocycles. The molecule has 1 aliphatic heterocycles. The minimum absolute atomic E-state index is 0.00879. The molecule has 51 heavy (non-hydrogen) atoms. The highest BCUT2D eigenvalue weighted by Crippen LogP contribution is 2.88. The minimum atomic E-state index is -3.86. The van der Waals surface area contributed by atoms with Crippen molar-refractivity contribution in [1.29, 1.82) is 0 Å². The van der Waals surface area contributed by atoms with Crippen molar-refractivity contribution in [2.75, 3.05) is 20.6 Å². The Morgan fingerprint density at radius 2 is 1.55 bits per heavy atom. The Balaban J connectivity index is 1.42. The van der Waals surface area contributed by atoms with Crippen LogP contribution in [0.15, 0.2) is 12.7 Å². The monoisotopic (exact) mass is 732 g/mol. The standard InChI is InChI=1S/C37H60N6O7S/c1-12-22-19-37(22,30(47)41-51(49,50)23-14-15-23)40-28(45)24-20-36(34(8,9)35(36)16-13-17-35)21-43(24)29(46)27(33(5,6)7)39-31(48)38-25(32(2,3)4)18-26(44)42(10)11/h12,22-25,27H,1,13-21H2,2-11H3,(H,40,45)(H,41,47)(H2,38,39,48)/t22-,24+,25-,27-,36-,37-/m1/s1. The molecule has 14 heteroatoms. The summed E-state index contributed by atoms with van der Waals surface area (Å²) in [5, 5.41) is 8.15. The molecular formula is C37H60N6O7S. The summed E-state index contributed by atoms with van der Waals surface area (Å²) < 4.78 is 27.6. The Labute approximate surface area is 303 Å². The first-order chi connectivity index (χ1) is 23.3. The van der Waals surface area contributed by atoms with Gasteiger partial charge in [0.15, 0.2) is 0 Å². The van der Waals surface area contributed by atoms with Crippen LogP contribution in [0.4, 0.5) is 4.79 Å². The molecule has 5 rings (SSSR count). The van der Waals surface area contributed by atoms with Crippen LogP contribution in [-0.2, 0) is 29.2 Å². The molecule has 2 spiro atoms. The molecule has 0 radical (unpaired) electrons. The van der Waals surface area contributed by atoms with E-state index < -0.39 is 79.4 Å². The highest BCUT2D eigenvalue weighted by Gasteiger charge is 2.85. The van der Waals surface area contributed by atoms with E-state index in [-0.39, 0.29) is 35.0 Å². The zero-order valence-electron chi connectivity index (χ0n) is 32.2. The Morgan fingerprint density at radius 1 is 0.941 bits per heavy atom. The molecule has 5 fully saturated rings. The second kappa shape index (κ2) is 12.5. The SMILES string of the molecule is C=C[C@@H]1C[C@]1(NC(=O)[C@@H]1C[C@@]2(CN1C(=O)[C@@H](NC(=O)N[C@H](CC(=O)N(C)C)C(C)(C)C)C(C)(C)C)C(C)(C)C21CCC1)C(=O)NS(=O)(=O)C1CC1. The number of rotatable bonds is 11. The van der Waals surface area contributed by atoms with Crippen molar-refractivity contribution in [3.05, 3.63) is 12.7 Å². The summed E-state index contributed by atoms with van der Waals surface area (Å²) in [6.07, 6.45) is 6.28. The van der Waals surface area contributed by atoms with Crippen molar-refractivity contribution in [3.63, 3.8) is 0 Å². The number of hydrogen-bond donors (Lipinski definition) is 4. The number of amides is 6. The first-order valence-corrected chi connectivity index (χ1v) is 19.9.